The van der Waals surface area contributed by atoms with Crippen molar-refractivity contribution < 1.29 is 0 Å². The molecule has 3 nitrogen and oxygen atoms in total. The normalized spacial score (nSPS) is 13.6. The first-order valence-electron chi connectivity index (χ1n) is 5.68. The lowest BCUT2D eigenvalue weighted by atomic mass is 10.1. The van der Waals surface area contributed by atoms with Crippen LogP contribution >= 0.6 is 0 Å². The van der Waals surface area contributed by atoms with E-state index >= 15 is 0 Å². The molecule has 0 unspecified atom stereocenters. The first kappa shape index (κ1) is 12.6. The Morgan fingerprint density at radius 3 is 2.69 bits per heavy atom. The molecule has 3 heteroatoms. The minimum atomic E-state index is 0.615. The Bertz CT molecular complexity index is 439. The number of rotatable bonds is 3. The van der Waals surface area contributed by atoms with Gasteiger partial charge in [-0.2, -0.15) is 5.10 Å². The Hall–Kier alpha value is -1.51. The van der Waals surface area contributed by atoms with Crippen molar-refractivity contribution in [2.45, 2.75) is 34.1 Å². The number of nitrogens with two attached hydrogens (primary N) is 1. The van der Waals surface area contributed by atoms with E-state index in [9.17, 15) is 0 Å². The zero-order valence-corrected chi connectivity index (χ0v) is 10.6. The summed E-state index contributed by atoms with van der Waals surface area (Å²) in [5.74, 6) is 6.03. The molecule has 0 aromatic carbocycles. The van der Waals surface area contributed by atoms with Gasteiger partial charge in [0.1, 0.15) is 0 Å². The molecule has 0 amide bonds. The van der Waals surface area contributed by atoms with E-state index in [0.717, 1.165) is 17.6 Å². The summed E-state index contributed by atoms with van der Waals surface area (Å²) >= 11 is 0. The summed E-state index contributed by atoms with van der Waals surface area (Å²) in [6.45, 7) is 8.51. The van der Waals surface area contributed by atoms with Crippen LogP contribution in [0, 0.1) is 5.92 Å². The summed E-state index contributed by atoms with van der Waals surface area (Å²) in [7, 11) is 0. The topological polar surface area (TPSA) is 43.3 Å². The van der Waals surface area contributed by atoms with Gasteiger partial charge in [-0.25, -0.2) is 0 Å². The largest absolute Gasteiger partial charge is 0.321 e. The molecule has 88 valence electrons. The Morgan fingerprint density at radius 2 is 2.19 bits per heavy atom. The van der Waals surface area contributed by atoms with Crippen molar-refractivity contribution in [3.63, 3.8) is 0 Å². The van der Waals surface area contributed by atoms with Crippen LogP contribution in [0.5, 0.6) is 0 Å². The van der Waals surface area contributed by atoms with Gasteiger partial charge in [0.25, 0.3) is 0 Å². The van der Waals surface area contributed by atoms with Crippen molar-refractivity contribution in [2.75, 3.05) is 0 Å². The van der Waals surface area contributed by atoms with Crippen LogP contribution in [0.15, 0.2) is 29.4 Å². The third-order valence-electron chi connectivity index (χ3n) is 2.57. The molecular formula is C13H21N3. The van der Waals surface area contributed by atoms with Crippen molar-refractivity contribution in [2.24, 2.45) is 16.9 Å². The highest BCUT2D eigenvalue weighted by Gasteiger charge is 2.05. The number of hydrogen-bond donors (Lipinski definition) is 1. The zero-order valence-electron chi connectivity index (χ0n) is 10.6. The maximum atomic E-state index is 5.42. The van der Waals surface area contributed by atoms with Gasteiger partial charge in [-0.1, -0.05) is 26.0 Å². The number of pyridine rings is 1. The molecule has 0 aliphatic carbocycles. The van der Waals surface area contributed by atoms with Gasteiger partial charge in [-0.05, 0) is 38.3 Å². The minimum absolute atomic E-state index is 0.615. The van der Waals surface area contributed by atoms with Crippen molar-refractivity contribution >= 4 is 5.70 Å². The van der Waals surface area contributed by atoms with Crippen molar-refractivity contribution in [3.8, 4) is 0 Å². The average molecular weight is 219 g/mol. The lowest BCUT2D eigenvalue weighted by Crippen LogP contribution is -2.24. The average Bonchev–Trinajstić information content (AvgIpc) is 2.27. The van der Waals surface area contributed by atoms with Crippen molar-refractivity contribution in [1.29, 1.82) is 0 Å². The van der Waals surface area contributed by atoms with Crippen molar-refractivity contribution in [1.82, 2.24) is 4.57 Å². The van der Waals surface area contributed by atoms with Gasteiger partial charge >= 0.3 is 0 Å². The third kappa shape index (κ3) is 2.75. The predicted molar refractivity (Wildman–Crippen MR) is 68.3 cm³/mol. The van der Waals surface area contributed by atoms with Crippen LogP contribution in [0.2, 0.25) is 0 Å². The van der Waals surface area contributed by atoms with Crippen LogP contribution in [-0.4, -0.2) is 4.57 Å². The van der Waals surface area contributed by atoms with Crippen LogP contribution < -0.4 is 11.3 Å². The smallest absolute Gasteiger partial charge is 0.156 e. The van der Waals surface area contributed by atoms with E-state index in [1.807, 2.05) is 19.1 Å². The SMILES string of the molecule is C/C=C(/C)n1c(CC(C)C)ccc/c1=N/N. The minimum Gasteiger partial charge on any atom is -0.321 e. The summed E-state index contributed by atoms with van der Waals surface area (Å²) in [5.41, 5.74) is 3.20. The molecule has 1 heterocycles. The number of nitrogens with zero attached hydrogens (tertiary/aromatic N) is 2. The van der Waals surface area contributed by atoms with Gasteiger partial charge in [0.2, 0.25) is 0 Å². The van der Waals surface area contributed by atoms with Gasteiger partial charge in [-0.15, -0.1) is 0 Å². The quantitative estimate of drug-likeness (QED) is 0.615. The molecule has 1 aromatic heterocycles. The Kier molecular flexibility index (Phi) is 4.35. The molecule has 1 aromatic rings. The lowest BCUT2D eigenvalue weighted by molar-refractivity contribution is 0.619. The van der Waals surface area contributed by atoms with Crippen LogP contribution in [-0.2, 0) is 6.42 Å². The molecule has 0 spiro atoms. The van der Waals surface area contributed by atoms with Crippen LogP contribution in [0.25, 0.3) is 5.70 Å². The summed E-state index contributed by atoms with van der Waals surface area (Å²) in [5, 5.41) is 3.83. The van der Waals surface area contributed by atoms with E-state index in [-0.39, 0.29) is 0 Å². The predicted octanol–water partition coefficient (Wildman–Crippen LogP) is 2.34. The lowest BCUT2D eigenvalue weighted by Gasteiger charge is -2.15. The maximum Gasteiger partial charge on any atom is 0.156 e. The van der Waals surface area contributed by atoms with Gasteiger partial charge < -0.3 is 10.4 Å². The first-order valence-corrected chi connectivity index (χ1v) is 5.68. The van der Waals surface area contributed by atoms with E-state index in [4.69, 9.17) is 5.84 Å². The highest BCUT2D eigenvalue weighted by Crippen LogP contribution is 2.10. The Balaban J connectivity index is 3.38. The van der Waals surface area contributed by atoms with E-state index in [1.54, 1.807) is 0 Å². The highest BCUT2D eigenvalue weighted by molar-refractivity contribution is 5.43. The van der Waals surface area contributed by atoms with Crippen LogP contribution in [0.1, 0.15) is 33.4 Å². The fourth-order valence-corrected chi connectivity index (χ4v) is 1.76. The molecule has 0 aliphatic rings. The Labute approximate surface area is 97.3 Å². The molecule has 2 N–H and O–H groups in total. The molecule has 0 bridgehead atoms. The standard InChI is InChI=1S/C13H21N3/c1-5-11(4)16-12(9-10(2)3)7-6-8-13(16)15-14/h5-8,10H,9,14H2,1-4H3/b11-5-,15-13-. The molecule has 16 heavy (non-hydrogen) atoms. The summed E-state index contributed by atoms with van der Waals surface area (Å²) < 4.78 is 2.11. The van der Waals surface area contributed by atoms with E-state index in [0.29, 0.717) is 5.92 Å². The van der Waals surface area contributed by atoms with Crippen LogP contribution in [0.4, 0.5) is 0 Å². The second kappa shape index (κ2) is 5.54. The van der Waals surface area contributed by atoms with Crippen LogP contribution in [0.3, 0.4) is 0 Å². The monoisotopic (exact) mass is 219 g/mol. The van der Waals surface area contributed by atoms with Gasteiger partial charge in [0.05, 0.1) is 0 Å². The number of aromatic nitrogens is 1. The molecule has 0 aliphatic heterocycles. The molecular weight excluding hydrogens is 198 g/mol. The highest BCUT2D eigenvalue weighted by atomic mass is 15.2. The fourth-order valence-electron chi connectivity index (χ4n) is 1.76. The summed E-state index contributed by atoms with van der Waals surface area (Å²) in [4.78, 5) is 0. The van der Waals surface area contributed by atoms with Gasteiger partial charge in [0, 0.05) is 11.4 Å². The third-order valence-corrected chi connectivity index (χ3v) is 2.57. The molecule has 0 saturated carbocycles. The number of allylic oxidation sites excluding steroid dienone is 2. The molecule has 0 atom stereocenters. The van der Waals surface area contributed by atoms with Crippen molar-refractivity contribution in [3.05, 3.63) is 35.5 Å². The molecule has 0 fully saturated rings. The maximum absolute atomic E-state index is 5.42. The van der Waals surface area contributed by atoms with E-state index in [1.165, 1.54) is 5.69 Å². The second-order valence-corrected chi connectivity index (χ2v) is 4.37. The zero-order chi connectivity index (χ0) is 12.1. The van der Waals surface area contributed by atoms with Gasteiger partial charge in [0.15, 0.2) is 5.49 Å². The molecule has 0 saturated heterocycles. The summed E-state index contributed by atoms with van der Waals surface area (Å²) in [6, 6.07) is 6.06. The first-order chi connectivity index (χ1) is 7.60. The molecule has 1 rings (SSSR count). The van der Waals surface area contributed by atoms with Gasteiger partial charge in [-0.3, -0.25) is 0 Å². The van der Waals surface area contributed by atoms with E-state index < -0.39 is 0 Å². The summed E-state index contributed by atoms with van der Waals surface area (Å²) in [6.07, 6.45) is 3.09. The second-order valence-electron chi connectivity index (χ2n) is 4.37. The fraction of sp³-hybridized carbons (Fsp3) is 0.462. The Morgan fingerprint density at radius 1 is 1.50 bits per heavy atom. The van der Waals surface area contributed by atoms with E-state index in [2.05, 4.69) is 42.6 Å². The molecule has 0 radical (unpaired) electrons. The number of hydrogen-bond acceptors (Lipinski definition) is 2.